The first-order chi connectivity index (χ1) is 15.0. The van der Waals surface area contributed by atoms with Gasteiger partial charge in [0.2, 0.25) is 11.8 Å². The number of hydrogen-bond donors (Lipinski definition) is 1. The summed E-state index contributed by atoms with van der Waals surface area (Å²) in [7, 11) is 1.87. The summed E-state index contributed by atoms with van der Waals surface area (Å²) in [5.74, 6) is 2.57. The second-order valence-corrected chi connectivity index (χ2v) is 9.35. The minimum atomic E-state index is -0.0511. The fraction of sp³-hybridized carbons (Fsp3) is 0.739. The molecule has 8 heteroatoms. The molecule has 4 heterocycles. The number of anilines is 1. The van der Waals surface area contributed by atoms with Crippen molar-refractivity contribution in [1.82, 2.24) is 24.7 Å². The second-order valence-electron chi connectivity index (χ2n) is 9.35. The average molecular weight is 429 g/mol. The van der Waals surface area contributed by atoms with E-state index in [1.807, 2.05) is 16.8 Å². The molecule has 2 amide bonds. The Bertz CT molecular complexity index is 803. The lowest BCUT2D eigenvalue weighted by atomic mass is 9.99. The highest BCUT2D eigenvalue weighted by molar-refractivity contribution is 5.79. The van der Waals surface area contributed by atoms with Gasteiger partial charge in [0.25, 0.3) is 0 Å². The van der Waals surface area contributed by atoms with Gasteiger partial charge < -0.3 is 15.1 Å². The maximum absolute atomic E-state index is 13.0. The van der Waals surface area contributed by atoms with Crippen molar-refractivity contribution >= 4 is 17.6 Å². The van der Waals surface area contributed by atoms with Gasteiger partial charge in [0, 0.05) is 39.0 Å². The van der Waals surface area contributed by atoms with E-state index in [1.54, 1.807) is 6.92 Å². The predicted octanol–water partition coefficient (Wildman–Crippen LogP) is 2.21. The molecule has 0 aromatic carbocycles. The van der Waals surface area contributed by atoms with Crippen LogP contribution in [0.1, 0.15) is 69.1 Å². The summed E-state index contributed by atoms with van der Waals surface area (Å²) < 4.78 is 0. The van der Waals surface area contributed by atoms with Crippen LogP contribution in [0.15, 0.2) is 0 Å². The molecule has 8 nitrogen and oxygen atoms in total. The highest BCUT2D eigenvalue weighted by Gasteiger charge is 2.32. The number of piperidine rings is 2. The maximum Gasteiger partial charge on any atom is 0.237 e. The van der Waals surface area contributed by atoms with Crippen LogP contribution in [0, 0.1) is 5.92 Å². The first-order valence-corrected chi connectivity index (χ1v) is 11.8. The van der Waals surface area contributed by atoms with Crippen LogP contribution >= 0.6 is 0 Å². The summed E-state index contributed by atoms with van der Waals surface area (Å²) in [6.07, 6.45) is 6.11. The quantitative estimate of drug-likeness (QED) is 0.792. The minimum absolute atomic E-state index is 0.0511. The summed E-state index contributed by atoms with van der Waals surface area (Å²) in [4.78, 5) is 41.0. The van der Waals surface area contributed by atoms with E-state index in [0.29, 0.717) is 19.6 Å². The van der Waals surface area contributed by atoms with Gasteiger partial charge in [-0.3, -0.25) is 14.5 Å². The van der Waals surface area contributed by atoms with Crippen LogP contribution in [0.25, 0.3) is 0 Å². The van der Waals surface area contributed by atoms with E-state index in [2.05, 4.69) is 17.1 Å². The third kappa shape index (κ3) is 4.84. The molecule has 3 aliphatic rings. The van der Waals surface area contributed by atoms with Crippen molar-refractivity contribution in [1.29, 1.82) is 0 Å². The minimum Gasteiger partial charge on any atom is -0.373 e. The normalized spacial score (nSPS) is 22.9. The van der Waals surface area contributed by atoms with Crippen molar-refractivity contribution in [2.75, 3.05) is 45.1 Å². The van der Waals surface area contributed by atoms with Gasteiger partial charge >= 0.3 is 0 Å². The third-order valence-electron chi connectivity index (χ3n) is 7.11. The number of aromatic nitrogens is 2. The predicted molar refractivity (Wildman–Crippen MR) is 120 cm³/mol. The summed E-state index contributed by atoms with van der Waals surface area (Å²) in [6, 6.07) is -0.0511. The molecule has 0 spiro atoms. The highest BCUT2D eigenvalue weighted by atomic mass is 16.2. The third-order valence-corrected chi connectivity index (χ3v) is 7.11. The Morgan fingerprint density at radius 1 is 1.06 bits per heavy atom. The summed E-state index contributed by atoms with van der Waals surface area (Å²) in [5.41, 5.74) is 2.03. The Balaban J connectivity index is 1.49. The second kappa shape index (κ2) is 9.51. The van der Waals surface area contributed by atoms with Crippen LogP contribution in [0.4, 0.5) is 5.82 Å². The Morgan fingerprint density at radius 2 is 1.84 bits per heavy atom. The van der Waals surface area contributed by atoms with Gasteiger partial charge in [-0.05, 0) is 51.1 Å². The first-order valence-electron chi connectivity index (χ1n) is 11.8. The van der Waals surface area contributed by atoms with Crippen molar-refractivity contribution in [3.63, 3.8) is 0 Å². The van der Waals surface area contributed by atoms with E-state index in [1.165, 1.54) is 12.8 Å². The van der Waals surface area contributed by atoms with Crippen LogP contribution in [0.3, 0.4) is 0 Å². The number of hydrogen-bond acceptors (Lipinski definition) is 6. The number of carbonyl (C=O) groups is 2. The van der Waals surface area contributed by atoms with Gasteiger partial charge in [0.1, 0.15) is 5.82 Å². The molecule has 31 heavy (non-hydrogen) atoms. The molecule has 1 aromatic heterocycles. The molecule has 3 aliphatic heterocycles. The number of rotatable bonds is 4. The Hall–Kier alpha value is -2.22. The zero-order valence-corrected chi connectivity index (χ0v) is 19.2. The number of likely N-dealkylation sites (tertiary alicyclic amines) is 2. The van der Waals surface area contributed by atoms with E-state index in [9.17, 15) is 9.59 Å². The summed E-state index contributed by atoms with van der Waals surface area (Å²) in [6.45, 7) is 8.46. The summed E-state index contributed by atoms with van der Waals surface area (Å²) in [5, 5.41) is 3.22. The van der Waals surface area contributed by atoms with Crippen molar-refractivity contribution < 1.29 is 9.59 Å². The molecule has 2 fully saturated rings. The van der Waals surface area contributed by atoms with Gasteiger partial charge in [0.15, 0.2) is 5.82 Å². The Morgan fingerprint density at radius 3 is 2.55 bits per heavy atom. The summed E-state index contributed by atoms with van der Waals surface area (Å²) >= 11 is 0. The molecule has 0 bridgehead atoms. The van der Waals surface area contributed by atoms with Crippen molar-refractivity contribution in [2.45, 2.75) is 65.0 Å². The number of nitrogens with zero attached hydrogens (tertiary/aromatic N) is 5. The van der Waals surface area contributed by atoms with Gasteiger partial charge in [-0.15, -0.1) is 0 Å². The SMILES string of the molecule is CNc1nc(C2CCCCN2C(C)=O)nc2c1CN(C(=O)CN1CCC(C)CC1)CC2. The van der Waals surface area contributed by atoms with Crippen molar-refractivity contribution in [3.05, 3.63) is 17.1 Å². The van der Waals surface area contributed by atoms with Crippen molar-refractivity contribution in [2.24, 2.45) is 5.92 Å². The van der Waals surface area contributed by atoms with E-state index in [-0.39, 0.29) is 17.9 Å². The van der Waals surface area contributed by atoms with E-state index < -0.39 is 0 Å². The number of nitrogens with one attached hydrogen (secondary N) is 1. The van der Waals surface area contributed by atoms with Crippen molar-refractivity contribution in [3.8, 4) is 0 Å². The van der Waals surface area contributed by atoms with Crippen LogP contribution in [-0.2, 0) is 22.6 Å². The molecule has 1 atom stereocenters. The molecule has 1 unspecified atom stereocenters. The smallest absolute Gasteiger partial charge is 0.237 e. The molecule has 1 N–H and O–H groups in total. The van der Waals surface area contributed by atoms with Gasteiger partial charge in [0.05, 0.1) is 24.8 Å². The standard InChI is InChI=1S/C23H36N6O2/c1-16-7-11-27(12-8-16)15-21(31)28-13-9-19-18(14-28)22(24-3)26-23(25-19)20-6-4-5-10-29(20)17(2)30/h16,20H,4-15H2,1-3H3,(H,24,25,26). The molecule has 2 saturated heterocycles. The van der Waals surface area contributed by atoms with Crippen LogP contribution < -0.4 is 5.32 Å². The largest absolute Gasteiger partial charge is 0.373 e. The lowest BCUT2D eigenvalue weighted by Crippen LogP contribution is -2.45. The van der Waals surface area contributed by atoms with Crippen LogP contribution in [-0.4, -0.2) is 76.3 Å². The fourth-order valence-electron chi connectivity index (χ4n) is 5.09. The zero-order valence-electron chi connectivity index (χ0n) is 19.2. The molecule has 4 rings (SSSR count). The number of fused-ring (bicyclic) bond motifs is 1. The zero-order chi connectivity index (χ0) is 22.0. The molecule has 170 valence electrons. The van der Waals surface area contributed by atoms with E-state index >= 15 is 0 Å². The molecular weight excluding hydrogens is 392 g/mol. The topological polar surface area (TPSA) is 81.7 Å². The number of carbonyl (C=O) groups excluding carboxylic acids is 2. The Labute approximate surface area is 185 Å². The average Bonchev–Trinajstić information content (AvgIpc) is 2.79. The van der Waals surface area contributed by atoms with E-state index in [4.69, 9.17) is 9.97 Å². The molecule has 0 aliphatic carbocycles. The fourth-order valence-corrected chi connectivity index (χ4v) is 5.09. The van der Waals surface area contributed by atoms with Gasteiger partial charge in [-0.25, -0.2) is 9.97 Å². The van der Waals surface area contributed by atoms with Gasteiger partial charge in [-0.2, -0.15) is 0 Å². The number of amides is 2. The first kappa shape index (κ1) is 22.0. The Kier molecular flexibility index (Phi) is 6.74. The lowest BCUT2D eigenvalue weighted by Gasteiger charge is -2.36. The van der Waals surface area contributed by atoms with Crippen LogP contribution in [0.5, 0.6) is 0 Å². The highest BCUT2D eigenvalue weighted by Crippen LogP contribution is 2.32. The molecular formula is C23H36N6O2. The monoisotopic (exact) mass is 428 g/mol. The lowest BCUT2D eigenvalue weighted by molar-refractivity contribution is -0.134. The van der Waals surface area contributed by atoms with E-state index in [0.717, 1.165) is 74.1 Å². The maximum atomic E-state index is 13.0. The van der Waals surface area contributed by atoms with Gasteiger partial charge in [-0.1, -0.05) is 6.92 Å². The molecule has 0 saturated carbocycles. The molecule has 0 radical (unpaired) electrons. The van der Waals surface area contributed by atoms with Crippen LogP contribution in [0.2, 0.25) is 0 Å². The molecule has 1 aromatic rings.